The second kappa shape index (κ2) is 7.30. The van der Waals surface area contributed by atoms with Crippen LogP contribution >= 0.6 is 7.26 Å². The van der Waals surface area contributed by atoms with Gasteiger partial charge in [0.25, 0.3) is 0 Å². The van der Waals surface area contributed by atoms with E-state index in [1.807, 2.05) is 0 Å². The van der Waals surface area contributed by atoms with E-state index < -0.39 is 7.26 Å². The van der Waals surface area contributed by atoms with E-state index in [9.17, 15) is 0 Å². The van der Waals surface area contributed by atoms with Crippen LogP contribution in [0.3, 0.4) is 0 Å². The summed E-state index contributed by atoms with van der Waals surface area (Å²) in [5, 5.41) is 4.30. The second-order valence-corrected chi connectivity index (χ2v) is 10.1. The maximum atomic E-state index is 2.36. The average Bonchev–Trinajstić information content (AvgIpc) is 2.65. The van der Waals surface area contributed by atoms with Crippen LogP contribution in [0.4, 0.5) is 0 Å². The molecule has 0 amide bonds. The van der Waals surface area contributed by atoms with E-state index in [2.05, 4.69) is 117 Å². The highest BCUT2D eigenvalue weighted by atomic mass is 31.2. The van der Waals surface area contributed by atoms with Gasteiger partial charge in [-0.25, -0.2) is 0 Å². The normalized spacial score (nSPS) is 13.0. The van der Waals surface area contributed by atoms with Crippen LogP contribution in [0.25, 0.3) is 0 Å². The van der Waals surface area contributed by atoms with Crippen molar-refractivity contribution >= 4 is 23.2 Å². The molecule has 0 heterocycles. The molecule has 0 saturated heterocycles. The van der Waals surface area contributed by atoms with Gasteiger partial charge < -0.3 is 0 Å². The van der Waals surface area contributed by atoms with Gasteiger partial charge in [0.05, 0.1) is 0 Å². The fourth-order valence-corrected chi connectivity index (χ4v) is 8.24. The number of nitrogens with zero attached hydrogens (tertiary/aromatic N) is 1. The molecule has 2 heteroatoms. The Balaban J connectivity index is 2.37. The molecule has 1 atom stereocenters. The lowest BCUT2D eigenvalue weighted by atomic mass is 10.4. The summed E-state index contributed by atoms with van der Waals surface area (Å²) in [7, 11) is 2.60. The van der Waals surface area contributed by atoms with Crippen LogP contribution in [0, 0.1) is 0 Å². The van der Waals surface area contributed by atoms with E-state index in [4.69, 9.17) is 0 Å². The van der Waals surface area contributed by atoms with Crippen LogP contribution in [0.15, 0.2) is 91.0 Å². The third-order valence-electron chi connectivity index (χ3n) is 4.80. The van der Waals surface area contributed by atoms with Gasteiger partial charge in [0.2, 0.25) is 0 Å². The van der Waals surface area contributed by atoms with Crippen molar-refractivity contribution in [3.63, 3.8) is 0 Å². The Hall–Kier alpha value is -1.95. The van der Waals surface area contributed by atoms with Crippen molar-refractivity contribution in [1.29, 1.82) is 0 Å². The van der Waals surface area contributed by atoms with Gasteiger partial charge in [0.15, 0.2) is 0 Å². The molecule has 3 rings (SSSR count). The Kier molecular flexibility index (Phi) is 5.14. The van der Waals surface area contributed by atoms with Crippen molar-refractivity contribution in [2.45, 2.75) is 12.7 Å². The standard InChI is InChI=1S/C22H25NP/c1-19(23(2)3)24(20-13-7-4-8-14-20,21-15-9-5-10-16-21)22-17-11-6-12-18-22/h4-19H,1-3H3/q+1. The SMILES string of the molecule is CC(N(C)C)[P+](c1ccccc1)(c1ccccc1)c1ccccc1. The summed E-state index contributed by atoms with van der Waals surface area (Å²) >= 11 is 0. The van der Waals surface area contributed by atoms with Crippen molar-refractivity contribution in [3.8, 4) is 0 Å². The summed E-state index contributed by atoms with van der Waals surface area (Å²) in [4.78, 5) is 2.36. The third-order valence-corrected chi connectivity index (χ3v) is 9.72. The Morgan fingerprint density at radius 3 is 1.12 bits per heavy atom. The van der Waals surface area contributed by atoms with Crippen LogP contribution in [0.1, 0.15) is 6.92 Å². The average molecular weight is 334 g/mol. The van der Waals surface area contributed by atoms with Gasteiger partial charge in [0.1, 0.15) is 29.0 Å². The molecule has 0 fully saturated rings. The first-order valence-electron chi connectivity index (χ1n) is 8.39. The van der Waals surface area contributed by atoms with Gasteiger partial charge >= 0.3 is 0 Å². The Morgan fingerprint density at radius 2 is 0.875 bits per heavy atom. The van der Waals surface area contributed by atoms with Gasteiger partial charge in [-0.1, -0.05) is 54.6 Å². The lowest BCUT2D eigenvalue weighted by molar-refractivity contribution is 0.397. The van der Waals surface area contributed by atoms with E-state index in [-0.39, 0.29) is 0 Å². The van der Waals surface area contributed by atoms with Crippen LogP contribution in [0.2, 0.25) is 0 Å². The summed E-state index contributed by atoms with van der Waals surface area (Å²) in [5.41, 5.74) is 0. The summed E-state index contributed by atoms with van der Waals surface area (Å²) in [6, 6.07) is 33.1. The molecule has 1 unspecified atom stereocenters. The van der Waals surface area contributed by atoms with E-state index in [1.54, 1.807) is 0 Å². The molecule has 0 aromatic heterocycles. The fraction of sp³-hybridized carbons (Fsp3) is 0.182. The first-order chi connectivity index (χ1) is 11.7. The first kappa shape index (κ1) is 16.9. The third kappa shape index (κ3) is 2.90. The predicted molar refractivity (Wildman–Crippen MR) is 108 cm³/mol. The summed E-state index contributed by atoms with van der Waals surface area (Å²) in [5.74, 6) is 0.407. The minimum absolute atomic E-state index is 0.407. The summed E-state index contributed by atoms with van der Waals surface area (Å²) in [6.07, 6.45) is 0. The first-order valence-corrected chi connectivity index (χ1v) is 10.2. The van der Waals surface area contributed by atoms with Crippen LogP contribution in [0.5, 0.6) is 0 Å². The van der Waals surface area contributed by atoms with Crippen LogP contribution in [-0.2, 0) is 0 Å². The fourth-order valence-electron chi connectivity index (χ4n) is 3.43. The minimum Gasteiger partial charge on any atom is -0.274 e. The predicted octanol–water partition coefficient (Wildman–Crippen LogP) is 3.89. The number of hydrogen-bond acceptors (Lipinski definition) is 1. The van der Waals surface area contributed by atoms with E-state index >= 15 is 0 Å². The molecular formula is C22H25NP+. The highest BCUT2D eigenvalue weighted by molar-refractivity contribution is 7.96. The zero-order chi connectivity index (χ0) is 17.0. The zero-order valence-electron chi connectivity index (χ0n) is 14.6. The molecule has 0 bridgehead atoms. The van der Waals surface area contributed by atoms with Crippen molar-refractivity contribution in [3.05, 3.63) is 91.0 Å². The Labute approximate surface area is 146 Å². The molecule has 0 aliphatic heterocycles. The van der Waals surface area contributed by atoms with Crippen molar-refractivity contribution in [2.24, 2.45) is 0 Å². The van der Waals surface area contributed by atoms with E-state index in [0.29, 0.717) is 5.78 Å². The lowest BCUT2D eigenvalue weighted by Gasteiger charge is -2.36. The minimum atomic E-state index is -1.77. The molecule has 0 N–H and O–H groups in total. The Morgan fingerprint density at radius 1 is 0.583 bits per heavy atom. The second-order valence-electron chi connectivity index (χ2n) is 6.32. The molecule has 24 heavy (non-hydrogen) atoms. The molecule has 0 saturated carbocycles. The molecule has 0 aliphatic carbocycles. The van der Waals surface area contributed by atoms with Gasteiger partial charge in [0, 0.05) is 0 Å². The van der Waals surface area contributed by atoms with Crippen molar-refractivity contribution in [2.75, 3.05) is 14.1 Å². The molecule has 3 aromatic carbocycles. The smallest absolute Gasteiger partial charge is 0.133 e. The highest BCUT2D eigenvalue weighted by Crippen LogP contribution is 2.59. The highest BCUT2D eigenvalue weighted by Gasteiger charge is 2.51. The zero-order valence-corrected chi connectivity index (χ0v) is 15.5. The number of benzene rings is 3. The van der Waals surface area contributed by atoms with E-state index in [1.165, 1.54) is 15.9 Å². The molecule has 3 aromatic rings. The van der Waals surface area contributed by atoms with Gasteiger partial charge in [-0.2, -0.15) is 0 Å². The number of rotatable bonds is 5. The van der Waals surface area contributed by atoms with Gasteiger partial charge in [-0.3, -0.25) is 4.90 Å². The molecule has 0 radical (unpaired) electrons. The van der Waals surface area contributed by atoms with Crippen molar-refractivity contribution in [1.82, 2.24) is 4.90 Å². The van der Waals surface area contributed by atoms with Crippen LogP contribution < -0.4 is 15.9 Å². The van der Waals surface area contributed by atoms with E-state index in [0.717, 1.165) is 0 Å². The summed E-state index contributed by atoms with van der Waals surface area (Å²) < 4.78 is 0. The lowest BCUT2D eigenvalue weighted by Crippen LogP contribution is -2.43. The van der Waals surface area contributed by atoms with Gasteiger partial charge in [-0.15, -0.1) is 0 Å². The molecule has 122 valence electrons. The maximum Gasteiger partial charge on any atom is 0.133 e. The monoisotopic (exact) mass is 334 g/mol. The Bertz CT molecular complexity index is 657. The topological polar surface area (TPSA) is 3.24 Å². The number of hydrogen-bond donors (Lipinski definition) is 0. The quantitative estimate of drug-likeness (QED) is 0.640. The largest absolute Gasteiger partial charge is 0.274 e. The molecule has 0 spiro atoms. The van der Waals surface area contributed by atoms with Gasteiger partial charge in [-0.05, 0) is 57.4 Å². The molecular weight excluding hydrogens is 309 g/mol. The van der Waals surface area contributed by atoms with Crippen molar-refractivity contribution < 1.29 is 0 Å². The molecule has 0 aliphatic rings. The maximum absolute atomic E-state index is 2.36. The summed E-state index contributed by atoms with van der Waals surface area (Å²) in [6.45, 7) is 2.36. The van der Waals surface area contributed by atoms with Crippen LogP contribution in [-0.4, -0.2) is 24.8 Å². The molecule has 1 nitrogen and oxygen atoms in total.